The van der Waals surface area contributed by atoms with E-state index in [1.54, 1.807) is 0 Å². The van der Waals surface area contributed by atoms with Gasteiger partial charge in [-0.2, -0.15) is 0 Å². The molecule has 6 nitrogen and oxygen atoms in total. The third-order valence-corrected chi connectivity index (χ3v) is 13.8. The molecule has 0 rings (SSSR count). The normalized spacial score (nSPS) is 13.1. The van der Waals surface area contributed by atoms with Crippen molar-refractivity contribution < 1.29 is 28.6 Å². The summed E-state index contributed by atoms with van der Waals surface area (Å²) < 4.78 is 16.9. The number of unbranched alkanes of at least 4 members (excludes halogenated alkanes) is 24. The highest BCUT2D eigenvalue weighted by Gasteiger charge is 2.19. The maximum atomic E-state index is 12.9. The molecule has 0 aromatic carbocycles. The largest absolute Gasteiger partial charge is 0.462 e. The number of allylic oxidation sites excluding steroid dienone is 24. The van der Waals surface area contributed by atoms with Crippen molar-refractivity contribution in [1.82, 2.24) is 0 Å². The van der Waals surface area contributed by atoms with Crippen LogP contribution in [-0.4, -0.2) is 37.2 Å². The minimum Gasteiger partial charge on any atom is -0.462 e. The quantitative estimate of drug-likeness (QED) is 0.0261. The highest BCUT2D eigenvalue weighted by Crippen LogP contribution is 2.16. The molecular weight excluding hydrogens is 997 g/mol. The van der Waals surface area contributed by atoms with Crippen LogP contribution < -0.4 is 0 Å². The molecule has 0 aliphatic rings. The summed E-state index contributed by atoms with van der Waals surface area (Å²) in [6, 6.07) is 0. The lowest BCUT2D eigenvalue weighted by Crippen LogP contribution is -2.30. The molecule has 0 bridgehead atoms. The Morgan fingerprint density at radius 1 is 0.247 bits per heavy atom. The Balaban J connectivity index is 4.25. The van der Waals surface area contributed by atoms with E-state index in [0.29, 0.717) is 19.3 Å². The highest BCUT2D eigenvalue weighted by molar-refractivity contribution is 5.71. The van der Waals surface area contributed by atoms with E-state index in [1.165, 1.54) is 77.0 Å². The number of carbonyl (C=O) groups is 3. The molecule has 0 radical (unpaired) electrons. The number of rotatable bonds is 59. The molecule has 0 spiro atoms. The van der Waals surface area contributed by atoms with Gasteiger partial charge in [0.25, 0.3) is 0 Å². The van der Waals surface area contributed by atoms with E-state index in [2.05, 4.69) is 167 Å². The second kappa shape index (κ2) is 67.8. The van der Waals surface area contributed by atoms with E-state index in [9.17, 15) is 14.4 Å². The van der Waals surface area contributed by atoms with Crippen LogP contribution in [0.2, 0.25) is 0 Å². The average molecular weight is 1120 g/mol. The molecule has 1 atom stereocenters. The third kappa shape index (κ3) is 66.0. The lowest BCUT2D eigenvalue weighted by atomic mass is 10.0. The Morgan fingerprint density at radius 2 is 0.444 bits per heavy atom. The molecule has 6 heteroatoms. The van der Waals surface area contributed by atoms with Crippen LogP contribution in [0, 0.1) is 0 Å². The lowest BCUT2D eigenvalue weighted by molar-refractivity contribution is -0.167. The molecule has 0 N–H and O–H groups in total. The molecule has 0 aliphatic carbocycles. The number of carbonyl (C=O) groups excluding carboxylic acids is 3. The minimum absolute atomic E-state index is 0.0941. The maximum absolute atomic E-state index is 12.9. The summed E-state index contributed by atoms with van der Waals surface area (Å²) >= 11 is 0. The first-order chi connectivity index (χ1) is 40.0. The van der Waals surface area contributed by atoms with Crippen LogP contribution in [0.5, 0.6) is 0 Å². The van der Waals surface area contributed by atoms with Gasteiger partial charge in [0.2, 0.25) is 0 Å². The van der Waals surface area contributed by atoms with Gasteiger partial charge in [-0.05, 0) is 135 Å². The molecule has 0 amide bonds. The molecule has 0 heterocycles. The molecule has 0 fully saturated rings. The smallest absolute Gasteiger partial charge is 0.306 e. The molecule has 0 aromatic rings. The predicted octanol–water partition coefficient (Wildman–Crippen LogP) is 23.1. The van der Waals surface area contributed by atoms with E-state index in [-0.39, 0.29) is 31.1 Å². The van der Waals surface area contributed by atoms with Gasteiger partial charge in [-0.15, -0.1) is 0 Å². The van der Waals surface area contributed by atoms with Crippen molar-refractivity contribution in [1.29, 1.82) is 0 Å². The molecule has 0 aliphatic heterocycles. The highest BCUT2D eigenvalue weighted by atomic mass is 16.6. The van der Waals surface area contributed by atoms with Crippen LogP contribution in [-0.2, 0) is 28.6 Å². The molecule has 1 unspecified atom stereocenters. The Hall–Kier alpha value is -4.71. The SMILES string of the molecule is CC/C=C\C/C=C\C/C=C\C/C=C\C/C=C\C/C=C\CCCCCCCCCCCCCCCCC(=O)OCC(COC(=O)CCCCCCC/C=C\C/C=C\C/C=C\CC)OC(=O)CCCCCCC/C=C\C/C=C\C/C=C\CC. The van der Waals surface area contributed by atoms with Gasteiger partial charge in [0.1, 0.15) is 13.2 Å². The van der Waals surface area contributed by atoms with E-state index in [4.69, 9.17) is 14.2 Å². The summed E-state index contributed by atoms with van der Waals surface area (Å²) in [4.78, 5) is 38.3. The average Bonchev–Trinajstić information content (AvgIpc) is 3.47. The Kier molecular flexibility index (Phi) is 63.9. The molecule has 81 heavy (non-hydrogen) atoms. The fourth-order valence-corrected chi connectivity index (χ4v) is 8.95. The zero-order valence-corrected chi connectivity index (χ0v) is 52.5. The number of hydrogen-bond acceptors (Lipinski definition) is 6. The summed E-state index contributed by atoms with van der Waals surface area (Å²) in [5, 5.41) is 0. The zero-order valence-electron chi connectivity index (χ0n) is 52.5. The Bertz CT molecular complexity index is 1760. The van der Waals surface area contributed by atoms with E-state index < -0.39 is 6.10 Å². The van der Waals surface area contributed by atoms with Gasteiger partial charge in [-0.25, -0.2) is 0 Å². The van der Waals surface area contributed by atoms with Crippen molar-refractivity contribution in [3.8, 4) is 0 Å². The molecule has 0 aromatic heterocycles. The Morgan fingerprint density at radius 3 is 0.691 bits per heavy atom. The van der Waals surface area contributed by atoms with Crippen LogP contribution >= 0.6 is 0 Å². The summed E-state index contributed by atoms with van der Waals surface area (Å²) in [6.45, 7) is 6.28. The fourth-order valence-electron chi connectivity index (χ4n) is 8.95. The minimum atomic E-state index is -0.800. The third-order valence-electron chi connectivity index (χ3n) is 13.8. The Labute approximate surface area is 499 Å². The van der Waals surface area contributed by atoms with Crippen molar-refractivity contribution >= 4 is 17.9 Å². The molecule has 0 saturated heterocycles. The van der Waals surface area contributed by atoms with Crippen molar-refractivity contribution in [2.24, 2.45) is 0 Å². The van der Waals surface area contributed by atoms with E-state index in [1.807, 2.05) is 0 Å². The first-order valence-corrected chi connectivity index (χ1v) is 33.3. The molecular formula is C75H122O6. The van der Waals surface area contributed by atoms with Gasteiger partial charge >= 0.3 is 17.9 Å². The number of esters is 3. The monoisotopic (exact) mass is 1120 g/mol. The topological polar surface area (TPSA) is 78.9 Å². The summed E-state index contributed by atoms with van der Waals surface area (Å²) in [5.41, 5.74) is 0. The molecule has 0 saturated carbocycles. The summed E-state index contributed by atoms with van der Waals surface area (Å²) in [6.07, 6.45) is 97.3. The van der Waals surface area contributed by atoms with Crippen LogP contribution in [0.25, 0.3) is 0 Å². The van der Waals surface area contributed by atoms with Gasteiger partial charge in [0.05, 0.1) is 0 Å². The summed E-state index contributed by atoms with van der Waals surface area (Å²) in [5.74, 6) is -0.927. The maximum Gasteiger partial charge on any atom is 0.306 e. The van der Waals surface area contributed by atoms with Crippen LogP contribution in [0.1, 0.15) is 290 Å². The van der Waals surface area contributed by atoms with Crippen LogP contribution in [0.15, 0.2) is 146 Å². The van der Waals surface area contributed by atoms with Crippen molar-refractivity contribution in [2.45, 2.75) is 297 Å². The first kappa shape index (κ1) is 76.3. The van der Waals surface area contributed by atoms with Crippen LogP contribution in [0.4, 0.5) is 0 Å². The van der Waals surface area contributed by atoms with Crippen molar-refractivity contribution in [3.63, 3.8) is 0 Å². The zero-order chi connectivity index (χ0) is 58.5. The first-order valence-electron chi connectivity index (χ1n) is 33.3. The van der Waals surface area contributed by atoms with Crippen molar-refractivity contribution in [3.05, 3.63) is 146 Å². The fraction of sp³-hybridized carbons (Fsp3) is 0.640. The van der Waals surface area contributed by atoms with Gasteiger partial charge in [0.15, 0.2) is 6.10 Å². The van der Waals surface area contributed by atoms with E-state index >= 15 is 0 Å². The van der Waals surface area contributed by atoms with Gasteiger partial charge in [-0.1, -0.05) is 282 Å². The lowest BCUT2D eigenvalue weighted by Gasteiger charge is -2.18. The number of hydrogen-bond donors (Lipinski definition) is 0. The molecule has 458 valence electrons. The van der Waals surface area contributed by atoms with E-state index in [0.717, 1.165) is 173 Å². The van der Waals surface area contributed by atoms with Crippen molar-refractivity contribution in [2.75, 3.05) is 13.2 Å². The summed E-state index contributed by atoms with van der Waals surface area (Å²) in [7, 11) is 0. The standard InChI is InChI=1S/C75H122O6/c1-4-7-10-13-16-19-22-25-28-29-30-31-32-33-34-35-36-37-38-39-40-41-42-43-44-45-48-50-53-56-59-62-65-68-74(77)80-71-72(81-75(78)69-66-63-60-57-54-51-47-27-24-21-18-15-12-9-6-3)70-79-73(76)67-64-61-58-55-52-49-46-26-23-20-17-14-11-8-5-2/h7-12,16-21,25-28,30-31,33-34,36-37,46-47,72H,4-6,13-15,22-24,29,32,35,38-45,48-71H2,1-3H3/b10-7-,11-8-,12-9-,19-16-,20-17-,21-18-,28-25-,31-30-,34-33-,37-36-,46-26-,47-27-. The predicted molar refractivity (Wildman–Crippen MR) is 352 cm³/mol. The second-order valence-corrected chi connectivity index (χ2v) is 21.6. The number of ether oxygens (including phenoxy) is 3. The van der Waals surface area contributed by atoms with Gasteiger partial charge < -0.3 is 14.2 Å². The van der Waals surface area contributed by atoms with Gasteiger partial charge in [-0.3, -0.25) is 14.4 Å². The van der Waals surface area contributed by atoms with Crippen LogP contribution in [0.3, 0.4) is 0 Å². The second-order valence-electron chi connectivity index (χ2n) is 21.6. The van der Waals surface area contributed by atoms with Gasteiger partial charge in [0, 0.05) is 19.3 Å².